The summed E-state index contributed by atoms with van der Waals surface area (Å²) in [6, 6.07) is 14.7. The minimum atomic E-state index is -0.501. The van der Waals surface area contributed by atoms with Crippen LogP contribution in [-0.2, 0) is 16.0 Å². The van der Waals surface area contributed by atoms with Crippen LogP contribution in [0.25, 0.3) is 0 Å². The number of rotatable bonds is 7. The Labute approximate surface area is 141 Å². The van der Waals surface area contributed by atoms with Crippen LogP contribution >= 0.6 is 0 Å². The number of amides is 1. The van der Waals surface area contributed by atoms with E-state index in [1.165, 1.54) is 0 Å². The molecule has 0 aliphatic heterocycles. The molecule has 0 saturated heterocycles. The summed E-state index contributed by atoms with van der Waals surface area (Å²) < 4.78 is 10.3. The fourth-order valence-corrected chi connectivity index (χ4v) is 2.28. The van der Waals surface area contributed by atoms with Crippen molar-refractivity contribution in [2.45, 2.75) is 13.3 Å². The van der Waals surface area contributed by atoms with E-state index in [2.05, 4.69) is 5.32 Å². The maximum absolute atomic E-state index is 11.9. The molecule has 126 valence electrons. The number of benzene rings is 2. The lowest BCUT2D eigenvalue weighted by atomic mass is 10.1. The van der Waals surface area contributed by atoms with Crippen molar-refractivity contribution in [3.05, 3.63) is 65.2 Å². The van der Waals surface area contributed by atoms with E-state index in [0.717, 1.165) is 16.9 Å². The number of carbonyl (C=O) groups is 2. The molecule has 0 atom stereocenters. The molecule has 0 fully saturated rings. The number of hydrogen-bond donors (Lipinski definition) is 1. The topological polar surface area (TPSA) is 64.6 Å². The summed E-state index contributed by atoms with van der Waals surface area (Å²) in [7, 11) is 1.61. The van der Waals surface area contributed by atoms with E-state index in [0.29, 0.717) is 18.5 Å². The van der Waals surface area contributed by atoms with E-state index < -0.39 is 5.97 Å². The molecular formula is C19H21NO4. The number of hydrogen-bond acceptors (Lipinski definition) is 4. The van der Waals surface area contributed by atoms with Gasteiger partial charge in [0.05, 0.1) is 12.7 Å². The Hall–Kier alpha value is -2.82. The van der Waals surface area contributed by atoms with Gasteiger partial charge in [0.15, 0.2) is 6.61 Å². The van der Waals surface area contributed by atoms with Gasteiger partial charge in [-0.05, 0) is 37.1 Å². The zero-order valence-electron chi connectivity index (χ0n) is 13.9. The zero-order valence-corrected chi connectivity index (χ0v) is 13.9. The van der Waals surface area contributed by atoms with Crippen molar-refractivity contribution >= 4 is 11.9 Å². The van der Waals surface area contributed by atoms with Crippen LogP contribution in [0.1, 0.15) is 21.5 Å². The third kappa shape index (κ3) is 5.12. The Bertz CT molecular complexity index is 712. The summed E-state index contributed by atoms with van der Waals surface area (Å²) in [4.78, 5) is 23.6. The van der Waals surface area contributed by atoms with Crippen LogP contribution < -0.4 is 10.1 Å². The van der Waals surface area contributed by atoms with Crippen molar-refractivity contribution < 1.29 is 19.1 Å². The summed E-state index contributed by atoms with van der Waals surface area (Å²) in [6.07, 6.45) is 0.640. The van der Waals surface area contributed by atoms with Crippen molar-refractivity contribution in [2.24, 2.45) is 0 Å². The highest BCUT2D eigenvalue weighted by Gasteiger charge is 2.10. The van der Waals surface area contributed by atoms with Gasteiger partial charge in [0.1, 0.15) is 5.75 Å². The first-order valence-electron chi connectivity index (χ1n) is 7.72. The highest BCUT2D eigenvalue weighted by molar-refractivity contribution is 5.91. The fourth-order valence-electron chi connectivity index (χ4n) is 2.28. The second-order valence-corrected chi connectivity index (χ2v) is 5.36. The molecule has 24 heavy (non-hydrogen) atoms. The van der Waals surface area contributed by atoms with Crippen LogP contribution in [0.3, 0.4) is 0 Å². The summed E-state index contributed by atoms with van der Waals surface area (Å²) in [5.41, 5.74) is 2.42. The summed E-state index contributed by atoms with van der Waals surface area (Å²) in [5.74, 6) is -0.0397. The van der Waals surface area contributed by atoms with Gasteiger partial charge in [-0.2, -0.15) is 0 Å². The molecule has 0 heterocycles. The Kier molecular flexibility index (Phi) is 6.37. The number of ether oxygens (including phenoxy) is 2. The molecule has 2 rings (SSSR count). The molecule has 0 aromatic heterocycles. The van der Waals surface area contributed by atoms with Crippen LogP contribution in [0.2, 0.25) is 0 Å². The highest BCUT2D eigenvalue weighted by Crippen LogP contribution is 2.17. The van der Waals surface area contributed by atoms with Crippen molar-refractivity contribution in [1.82, 2.24) is 5.32 Å². The number of carbonyl (C=O) groups excluding carboxylic acids is 2. The first-order chi connectivity index (χ1) is 11.6. The molecule has 5 heteroatoms. The van der Waals surface area contributed by atoms with Gasteiger partial charge in [-0.3, -0.25) is 4.79 Å². The fraction of sp³-hybridized carbons (Fsp3) is 0.263. The quantitative estimate of drug-likeness (QED) is 0.794. The molecule has 1 amide bonds. The molecule has 2 aromatic rings. The molecule has 0 radical (unpaired) electrons. The summed E-state index contributed by atoms with van der Waals surface area (Å²) in [5, 5.41) is 2.73. The molecule has 0 saturated carbocycles. The molecule has 0 aliphatic rings. The van der Waals surface area contributed by atoms with E-state index in [9.17, 15) is 9.59 Å². The van der Waals surface area contributed by atoms with Crippen molar-refractivity contribution in [3.8, 4) is 5.75 Å². The first-order valence-corrected chi connectivity index (χ1v) is 7.72. The number of esters is 1. The van der Waals surface area contributed by atoms with E-state index in [1.54, 1.807) is 25.3 Å². The standard InChI is InChI=1S/C19H21NO4/c1-14-6-5-8-16(12-14)19(22)24-13-18(21)20-11-10-15-7-3-4-9-17(15)23-2/h3-9,12H,10-11,13H2,1-2H3,(H,20,21). The van der Waals surface area contributed by atoms with Crippen molar-refractivity contribution in [1.29, 1.82) is 0 Å². The smallest absolute Gasteiger partial charge is 0.338 e. The number of methoxy groups -OCH3 is 1. The molecule has 0 aliphatic carbocycles. The molecule has 5 nitrogen and oxygen atoms in total. The molecule has 0 bridgehead atoms. The maximum Gasteiger partial charge on any atom is 0.338 e. The van der Waals surface area contributed by atoms with Crippen LogP contribution in [0, 0.1) is 6.92 Å². The lowest BCUT2D eigenvalue weighted by molar-refractivity contribution is -0.124. The third-order valence-corrected chi connectivity index (χ3v) is 3.50. The Balaban J connectivity index is 1.74. The van der Waals surface area contributed by atoms with Gasteiger partial charge in [0.25, 0.3) is 5.91 Å². The molecule has 2 aromatic carbocycles. The highest BCUT2D eigenvalue weighted by atomic mass is 16.5. The van der Waals surface area contributed by atoms with Crippen LogP contribution in [0.5, 0.6) is 5.75 Å². The normalized spacial score (nSPS) is 10.1. The third-order valence-electron chi connectivity index (χ3n) is 3.50. The molecule has 0 unspecified atom stereocenters. The molecule has 0 spiro atoms. The molecule has 1 N–H and O–H groups in total. The largest absolute Gasteiger partial charge is 0.496 e. The lowest BCUT2D eigenvalue weighted by Gasteiger charge is -2.09. The first kappa shape index (κ1) is 17.5. The summed E-state index contributed by atoms with van der Waals surface area (Å²) in [6.45, 7) is 2.04. The number of nitrogens with one attached hydrogen (secondary N) is 1. The minimum Gasteiger partial charge on any atom is -0.496 e. The van der Waals surface area contributed by atoms with E-state index in [-0.39, 0.29) is 12.5 Å². The van der Waals surface area contributed by atoms with Crippen LogP contribution in [-0.4, -0.2) is 32.1 Å². The predicted octanol–water partition coefficient (Wildman–Crippen LogP) is 2.52. The average molecular weight is 327 g/mol. The number of aryl methyl sites for hydroxylation is 1. The van der Waals surface area contributed by atoms with Gasteiger partial charge >= 0.3 is 5.97 Å². The Morgan fingerprint density at radius 2 is 1.88 bits per heavy atom. The van der Waals surface area contributed by atoms with Gasteiger partial charge in [0, 0.05) is 6.54 Å². The van der Waals surface area contributed by atoms with Gasteiger partial charge in [-0.25, -0.2) is 4.79 Å². The SMILES string of the molecule is COc1ccccc1CCNC(=O)COC(=O)c1cccc(C)c1. The second-order valence-electron chi connectivity index (χ2n) is 5.36. The monoisotopic (exact) mass is 327 g/mol. The average Bonchev–Trinajstić information content (AvgIpc) is 2.60. The van der Waals surface area contributed by atoms with Crippen molar-refractivity contribution in [2.75, 3.05) is 20.3 Å². The predicted molar refractivity (Wildman–Crippen MR) is 91.2 cm³/mol. The minimum absolute atomic E-state index is 0.293. The Morgan fingerprint density at radius 3 is 2.62 bits per heavy atom. The van der Waals surface area contributed by atoms with E-state index >= 15 is 0 Å². The second kappa shape index (κ2) is 8.72. The Morgan fingerprint density at radius 1 is 1.08 bits per heavy atom. The van der Waals surface area contributed by atoms with Gasteiger partial charge in [-0.1, -0.05) is 35.9 Å². The lowest BCUT2D eigenvalue weighted by Crippen LogP contribution is -2.30. The van der Waals surface area contributed by atoms with E-state index in [1.807, 2.05) is 37.3 Å². The van der Waals surface area contributed by atoms with Crippen molar-refractivity contribution in [3.63, 3.8) is 0 Å². The van der Waals surface area contributed by atoms with Crippen LogP contribution in [0.15, 0.2) is 48.5 Å². The van der Waals surface area contributed by atoms with E-state index in [4.69, 9.17) is 9.47 Å². The van der Waals surface area contributed by atoms with Crippen LogP contribution in [0.4, 0.5) is 0 Å². The van der Waals surface area contributed by atoms with Gasteiger partial charge in [-0.15, -0.1) is 0 Å². The maximum atomic E-state index is 11.9. The summed E-state index contributed by atoms with van der Waals surface area (Å²) >= 11 is 0. The number of para-hydroxylation sites is 1. The zero-order chi connectivity index (χ0) is 17.4. The van der Waals surface area contributed by atoms with Gasteiger partial charge < -0.3 is 14.8 Å². The molecular weight excluding hydrogens is 306 g/mol. The van der Waals surface area contributed by atoms with Gasteiger partial charge in [0.2, 0.25) is 0 Å².